The number of amides is 2. The van der Waals surface area contributed by atoms with Crippen LogP contribution in [-0.4, -0.2) is 69.1 Å². The molecule has 3 rings (SSSR count). The first-order valence-corrected chi connectivity index (χ1v) is 10.9. The number of nitrogens with one attached hydrogen (secondary N) is 2. The summed E-state index contributed by atoms with van der Waals surface area (Å²) in [5, 5.41) is 6.09. The summed E-state index contributed by atoms with van der Waals surface area (Å²) in [5.74, 6) is 2.23. The molecule has 1 aromatic rings. The second-order valence-electron chi connectivity index (χ2n) is 7.70. The third-order valence-electron chi connectivity index (χ3n) is 5.61. The summed E-state index contributed by atoms with van der Waals surface area (Å²) in [6.45, 7) is 6.05. The molecule has 8 nitrogen and oxygen atoms in total. The van der Waals surface area contributed by atoms with Crippen molar-refractivity contribution in [2.24, 2.45) is 10.9 Å². The second kappa shape index (κ2) is 12.7. The van der Waals surface area contributed by atoms with Crippen molar-refractivity contribution in [1.29, 1.82) is 0 Å². The Bertz CT molecular complexity index is 765. The van der Waals surface area contributed by atoms with E-state index in [1.165, 1.54) is 0 Å². The Hall–Kier alpha value is -2.04. The van der Waals surface area contributed by atoms with Gasteiger partial charge in [-0.3, -0.25) is 14.6 Å². The molecule has 0 spiro atoms. The van der Waals surface area contributed by atoms with E-state index in [0.717, 1.165) is 56.3 Å². The molecule has 1 saturated heterocycles. The highest BCUT2D eigenvalue weighted by atomic mass is 127. The number of piperidine rings is 1. The molecule has 1 aromatic carbocycles. The van der Waals surface area contributed by atoms with Gasteiger partial charge in [0.05, 0.1) is 5.69 Å². The highest BCUT2D eigenvalue weighted by Crippen LogP contribution is 2.31. The molecular weight excluding hydrogens is 509 g/mol. The Labute approximate surface area is 201 Å². The van der Waals surface area contributed by atoms with Crippen molar-refractivity contribution in [3.05, 3.63) is 24.3 Å². The predicted octanol–water partition coefficient (Wildman–Crippen LogP) is 2.23. The van der Waals surface area contributed by atoms with Crippen molar-refractivity contribution >= 4 is 47.4 Å². The number of carbonyl (C=O) groups excluding carboxylic acids is 2. The normalized spacial score (nSPS) is 16.8. The molecule has 2 aliphatic rings. The zero-order valence-electron chi connectivity index (χ0n) is 18.4. The molecule has 0 bridgehead atoms. The summed E-state index contributed by atoms with van der Waals surface area (Å²) in [6.07, 6.45) is 3.38. The molecule has 0 aromatic heterocycles. The van der Waals surface area contributed by atoms with Gasteiger partial charge < -0.3 is 25.2 Å². The Morgan fingerprint density at radius 3 is 2.71 bits per heavy atom. The number of aliphatic imine (C=N–C) groups is 1. The topological polar surface area (TPSA) is 86.3 Å². The first-order chi connectivity index (χ1) is 14.6. The van der Waals surface area contributed by atoms with Crippen molar-refractivity contribution in [3.63, 3.8) is 0 Å². The number of para-hydroxylation sites is 2. The summed E-state index contributed by atoms with van der Waals surface area (Å²) in [6, 6.07) is 7.65. The molecule has 0 radical (unpaired) electrons. The summed E-state index contributed by atoms with van der Waals surface area (Å²) in [5.41, 5.74) is 0.836. The number of likely N-dealkylation sites (tertiary alicyclic amines) is 1. The van der Waals surface area contributed by atoms with Gasteiger partial charge in [-0.1, -0.05) is 12.1 Å². The number of benzene rings is 1. The van der Waals surface area contributed by atoms with Crippen LogP contribution in [0.3, 0.4) is 0 Å². The van der Waals surface area contributed by atoms with E-state index in [4.69, 9.17) is 9.73 Å². The molecular formula is C22H34IN5O3. The summed E-state index contributed by atoms with van der Waals surface area (Å²) >= 11 is 0. The monoisotopic (exact) mass is 543 g/mol. The average molecular weight is 543 g/mol. The van der Waals surface area contributed by atoms with E-state index in [0.29, 0.717) is 25.4 Å². The zero-order chi connectivity index (χ0) is 21.3. The molecule has 172 valence electrons. The van der Waals surface area contributed by atoms with Gasteiger partial charge in [-0.25, -0.2) is 0 Å². The van der Waals surface area contributed by atoms with Gasteiger partial charge in [0.2, 0.25) is 5.91 Å². The number of hydrogen-bond donors (Lipinski definition) is 2. The number of halogens is 1. The van der Waals surface area contributed by atoms with E-state index in [-0.39, 0.29) is 42.4 Å². The molecule has 2 aliphatic heterocycles. The van der Waals surface area contributed by atoms with Crippen molar-refractivity contribution in [1.82, 2.24) is 15.5 Å². The zero-order valence-corrected chi connectivity index (χ0v) is 20.8. The van der Waals surface area contributed by atoms with Gasteiger partial charge in [0.25, 0.3) is 5.91 Å². The van der Waals surface area contributed by atoms with Gasteiger partial charge in [0.1, 0.15) is 5.75 Å². The van der Waals surface area contributed by atoms with Gasteiger partial charge in [-0.15, -0.1) is 24.0 Å². The number of hydrogen-bond acceptors (Lipinski definition) is 4. The Balaban J connectivity index is 0.00000341. The van der Waals surface area contributed by atoms with Crippen molar-refractivity contribution in [3.8, 4) is 5.75 Å². The van der Waals surface area contributed by atoms with Gasteiger partial charge in [0.15, 0.2) is 12.6 Å². The van der Waals surface area contributed by atoms with E-state index < -0.39 is 0 Å². The van der Waals surface area contributed by atoms with Gasteiger partial charge in [0, 0.05) is 46.2 Å². The number of nitrogens with zero attached hydrogens (tertiary/aromatic N) is 3. The number of rotatable bonds is 7. The van der Waals surface area contributed by atoms with Gasteiger partial charge in [-0.05, 0) is 44.2 Å². The van der Waals surface area contributed by atoms with Crippen LogP contribution < -0.4 is 20.3 Å². The van der Waals surface area contributed by atoms with Crippen LogP contribution >= 0.6 is 24.0 Å². The van der Waals surface area contributed by atoms with Crippen molar-refractivity contribution in [2.45, 2.75) is 32.6 Å². The van der Waals surface area contributed by atoms with Gasteiger partial charge >= 0.3 is 0 Å². The lowest BCUT2D eigenvalue weighted by molar-refractivity contribution is -0.122. The Morgan fingerprint density at radius 2 is 2.00 bits per heavy atom. The van der Waals surface area contributed by atoms with Crippen LogP contribution in [0.4, 0.5) is 5.69 Å². The minimum atomic E-state index is -0.0113. The summed E-state index contributed by atoms with van der Waals surface area (Å²) < 4.78 is 5.50. The van der Waals surface area contributed by atoms with Crippen LogP contribution in [0.2, 0.25) is 0 Å². The highest BCUT2D eigenvalue weighted by molar-refractivity contribution is 14.0. The highest BCUT2D eigenvalue weighted by Gasteiger charge is 2.25. The van der Waals surface area contributed by atoms with Crippen LogP contribution in [0.15, 0.2) is 29.3 Å². The molecule has 0 unspecified atom stereocenters. The quantitative estimate of drug-likeness (QED) is 0.239. The molecule has 1 fully saturated rings. The number of ether oxygens (including phenoxy) is 1. The Morgan fingerprint density at radius 1 is 1.26 bits per heavy atom. The lowest BCUT2D eigenvalue weighted by Gasteiger charge is -2.34. The fourth-order valence-electron chi connectivity index (χ4n) is 3.95. The first kappa shape index (κ1) is 25.2. The fourth-order valence-corrected chi connectivity index (χ4v) is 3.95. The molecule has 0 aliphatic carbocycles. The van der Waals surface area contributed by atoms with E-state index in [2.05, 4.69) is 22.5 Å². The van der Waals surface area contributed by atoms with Gasteiger partial charge in [-0.2, -0.15) is 0 Å². The first-order valence-electron chi connectivity index (χ1n) is 10.9. The number of carbonyl (C=O) groups is 2. The molecule has 31 heavy (non-hydrogen) atoms. The average Bonchev–Trinajstić information content (AvgIpc) is 2.77. The molecule has 2 amide bonds. The van der Waals surface area contributed by atoms with E-state index >= 15 is 0 Å². The van der Waals surface area contributed by atoms with Crippen molar-refractivity contribution in [2.75, 3.05) is 51.3 Å². The second-order valence-corrected chi connectivity index (χ2v) is 7.70. The van der Waals surface area contributed by atoms with Crippen LogP contribution in [0, 0.1) is 5.92 Å². The van der Waals surface area contributed by atoms with Crippen LogP contribution in [0.25, 0.3) is 0 Å². The third-order valence-corrected chi connectivity index (χ3v) is 5.61. The molecule has 2 heterocycles. The van der Waals surface area contributed by atoms with Crippen LogP contribution in [0.1, 0.15) is 32.6 Å². The molecule has 9 heteroatoms. The number of anilines is 1. The molecule has 2 N–H and O–H groups in total. The smallest absolute Gasteiger partial charge is 0.265 e. The van der Waals surface area contributed by atoms with E-state index in [1.807, 2.05) is 24.3 Å². The third kappa shape index (κ3) is 6.98. The van der Waals surface area contributed by atoms with E-state index in [9.17, 15) is 9.59 Å². The van der Waals surface area contributed by atoms with Crippen LogP contribution in [-0.2, 0) is 9.59 Å². The largest absolute Gasteiger partial charge is 0.482 e. The van der Waals surface area contributed by atoms with Crippen molar-refractivity contribution < 1.29 is 14.3 Å². The molecule has 0 saturated carbocycles. The number of guanidine groups is 1. The minimum Gasteiger partial charge on any atom is -0.482 e. The summed E-state index contributed by atoms with van der Waals surface area (Å²) in [7, 11) is 1.69. The Kier molecular flexibility index (Phi) is 10.4. The maximum Gasteiger partial charge on any atom is 0.265 e. The lowest BCUT2D eigenvalue weighted by atomic mass is 9.93. The maximum absolute atomic E-state index is 12.3. The fraction of sp³-hybridized carbons (Fsp3) is 0.591. The molecule has 0 atom stereocenters. The SMILES string of the molecule is CCNC(=NCCCN1C(=O)COc2ccccc21)N1CCC(CC(=O)NC)CC1.I. The lowest BCUT2D eigenvalue weighted by Crippen LogP contribution is -2.46. The van der Waals surface area contributed by atoms with Crippen LogP contribution in [0.5, 0.6) is 5.75 Å². The minimum absolute atomic E-state index is 0. The summed E-state index contributed by atoms with van der Waals surface area (Å²) in [4.78, 5) is 32.7. The standard InChI is InChI=1S/C22H33N5O3.HI/c1-3-24-22(26-13-9-17(10-14-26)15-20(28)23-2)25-11-6-12-27-18-7-4-5-8-19(18)30-16-21(27)29;/h4-5,7-8,17H,3,6,9-16H2,1-2H3,(H,23,28)(H,24,25);1H. The predicted molar refractivity (Wildman–Crippen MR) is 133 cm³/mol. The number of fused-ring (bicyclic) bond motifs is 1. The van der Waals surface area contributed by atoms with E-state index in [1.54, 1.807) is 11.9 Å². The maximum atomic E-state index is 12.3.